The number of alkyl halides is 3. The van der Waals surface area contributed by atoms with Crippen molar-refractivity contribution in [3.05, 3.63) is 59.9 Å². The second kappa shape index (κ2) is 8.36. The number of urea groups is 1. The summed E-state index contributed by atoms with van der Waals surface area (Å²) in [5.41, 5.74) is 0.222. The average Bonchev–Trinajstić information content (AvgIpc) is 2.59. The zero-order valence-corrected chi connectivity index (χ0v) is 13.6. The molecule has 0 aliphatic heterocycles. The first-order chi connectivity index (χ1) is 11.9. The minimum atomic E-state index is -4.37. The van der Waals surface area contributed by atoms with Gasteiger partial charge in [0.1, 0.15) is 12.4 Å². The Labute approximate surface area is 143 Å². The standard InChI is InChI=1S/C17H18F3N3O2/c1-23(12-13-6-8-21-9-7-13)16(24)22-10-11-25-15-4-2-14(3-5-15)17(18,19)20/h2-9H,10-12H2,1H3,(H,22,24). The summed E-state index contributed by atoms with van der Waals surface area (Å²) in [6.45, 7) is 0.828. The van der Waals surface area contributed by atoms with Crippen molar-refractivity contribution >= 4 is 6.03 Å². The number of hydrogen-bond donors (Lipinski definition) is 1. The van der Waals surface area contributed by atoms with Gasteiger partial charge in [0.15, 0.2) is 0 Å². The summed E-state index contributed by atoms with van der Waals surface area (Å²) < 4.78 is 42.7. The number of pyridine rings is 1. The number of carbonyl (C=O) groups is 1. The molecular formula is C17H18F3N3O2. The van der Waals surface area contributed by atoms with Gasteiger partial charge in [-0.15, -0.1) is 0 Å². The second-order valence-electron chi connectivity index (χ2n) is 5.31. The van der Waals surface area contributed by atoms with Crippen LogP contribution in [0.25, 0.3) is 0 Å². The van der Waals surface area contributed by atoms with Crippen molar-refractivity contribution in [1.29, 1.82) is 0 Å². The van der Waals surface area contributed by atoms with E-state index in [1.807, 2.05) is 12.1 Å². The van der Waals surface area contributed by atoms with Gasteiger partial charge in [0.25, 0.3) is 0 Å². The van der Waals surface area contributed by atoms with Gasteiger partial charge in [-0.3, -0.25) is 4.98 Å². The minimum absolute atomic E-state index is 0.153. The molecule has 2 amide bonds. The van der Waals surface area contributed by atoms with Crippen LogP contribution in [0, 0.1) is 0 Å². The summed E-state index contributed by atoms with van der Waals surface area (Å²) in [4.78, 5) is 17.3. The topological polar surface area (TPSA) is 54.5 Å². The zero-order chi connectivity index (χ0) is 18.3. The number of hydrogen-bond acceptors (Lipinski definition) is 3. The van der Waals surface area contributed by atoms with Gasteiger partial charge in [-0.05, 0) is 42.0 Å². The number of nitrogens with zero attached hydrogens (tertiary/aromatic N) is 2. The Morgan fingerprint density at radius 1 is 1.16 bits per heavy atom. The fourth-order valence-corrected chi connectivity index (χ4v) is 2.04. The van der Waals surface area contributed by atoms with Crippen LogP contribution in [-0.4, -0.2) is 36.1 Å². The van der Waals surface area contributed by atoms with Crippen molar-refractivity contribution in [2.75, 3.05) is 20.2 Å². The molecule has 8 heteroatoms. The molecule has 0 atom stereocenters. The van der Waals surface area contributed by atoms with Crippen LogP contribution in [0.1, 0.15) is 11.1 Å². The Hall–Kier alpha value is -2.77. The smallest absolute Gasteiger partial charge is 0.416 e. The number of benzene rings is 1. The first-order valence-corrected chi connectivity index (χ1v) is 7.54. The lowest BCUT2D eigenvalue weighted by Crippen LogP contribution is -2.38. The Morgan fingerprint density at radius 3 is 2.40 bits per heavy atom. The molecule has 0 aliphatic rings. The van der Waals surface area contributed by atoms with Crippen molar-refractivity contribution in [3.63, 3.8) is 0 Å². The lowest BCUT2D eigenvalue weighted by molar-refractivity contribution is -0.137. The monoisotopic (exact) mass is 353 g/mol. The molecule has 1 aromatic carbocycles. The lowest BCUT2D eigenvalue weighted by Gasteiger charge is -2.18. The number of halogens is 3. The molecule has 1 N–H and O–H groups in total. The van der Waals surface area contributed by atoms with Gasteiger partial charge in [-0.1, -0.05) is 0 Å². The molecular weight excluding hydrogens is 335 g/mol. The van der Waals surface area contributed by atoms with E-state index in [2.05, 4.69) is 10.3 Å². The molecule has 0 radical (unpaired) electrons. The number of aromatic nitrogens is 1. The molecule has 0 bridgehead atoms. The number of nitrogens with one attached hydrogen (secondary N) is 1. The molecule has 1 aromatic heterocycles. The molecule has 0 aliphatic carbocycles. The molecule has 134 valence electrons. The molecule has 2 rings (SSSR count). The third kappa shape index (κ3) is 5.98. The van der Waals surface area contributed by atoms with Gasteiger partial charge < -0.3 is 15.0 Å². The van der Waals surface area contributed by atoms with Gasteiger partial charge in [-0.25, -0.2) is 4.79 Å². The Bertz CT molecular complexity index is 676. The average molecular weight is 353 g/mol. The Kier molecular flexibility index (Phi) is 6.21. The molecule has 0 fully saturated rings. The van der Waals surface area contributed by atoms with E-state index in [1.54, 1.807) is 19.4 Å². The summed E-state index contributed by atoms with van der Waals surface area (Å²) >= 11 is 0. The summed E-state index contributed by atoms with van der Waals surface area (Å²) in [6, 6.07) is 7.77. The second-order valence-corrected chi connectivity index (χ2v) is 5.31. The third-order valence-corrected chi connectivity index (χ3v) is 3.34. The van der Waals surface area contributed by atoms with Gasteiger partial charge in [0.2, 0.25) is 0 Å². The van der Waals surface area contributed by atoms with E-state index in [4.69, 9.17) is 4.74 Å². The van der Waals surface area contributed by atoms with E-state index in [1.165, 1.54) is 17.0 Å². The highest BCUT2D eigenvalue weighted by atomic mass is 19.4. The largest absolute Gasteiger partial charge is 0.492 e. The Balaban J connectivity index is 1.70. The number of amides is 2. The lowest BCUT2D eigenvalue weighted by atomic mass is 10.2. The predicted molar refractivity (Wildman–Crippen MR) is 86.0 cm³/mol. The van der Waals surface area contributed by atoms with Crippen molar-refractivity contribution in [2.45, 2.75) is 12.7 Å². The summed E-state index contributed by atoms with van der Waals surface area (Å²) in [5.74, 6) is 0.312. The molecule has 0 saturated carbocycles. The molecule has 5 nitrogen and oxygen atoms in total. The number of rotatable bonds is 6. The normalized spacial score (nSPS) is 11.0. The molecule has 1 heterocycles. The molecule has 2 aromatic rings. The van der Waals surface area contributed by atoms with E-state index in [0.29, 0.717) is 12.3 Å². The fourth-order valence-electron chi connectivity index (χ4n) is 2.04. The van der Waals surface area contributed by atoms with Gasteiger partial charge in [0.05, 0.1) is 12.1 Å². The maximum absolute atomic E-state index is 12.5. The van der Waals surface area contributed by atoms with Crippen LogP contribution in [0.5, 0.6) is 5.75 Å². The van der Waals surface area contributed by atoms with Gasteiger partial charge >= 0.3 is 12.2 Å². The molecule has 25 heavy (non-hydrogen) atoms. The van der Waals surface area contributed by atoms with Gasteiger partial charge in [0, 0.05) is 26.0 Å². The quantitative estimate of drug-likeness (QED) is 0.811. The van der Waals surface area contributed by atoms with E-state index in [0.717, 1.165) is 17.7 Å². The number of ether oxygens (including phenoxy) is 1. The highest BCUT2D eigenvalue weighted by Crippen LogP contribution is 2.30. The van der Waals surface area contributed by atoms with Crippen LogP contribution in [0.2, 0.25) is 0 Å². The summed E-state index contributed by atoms with van der Waals surface area (Å²) in [7, 11) is 1.66. The van der Waals surface area contributed by atoms with E-state index >= 15 is 0 Å². The third-order valence-electron chi connectivity index (χ3n) is 3.34. The maximum Gasteiger partial charge on any atom is 0.416 e. The highest BCUT2D eigenvalue weighted by molar-refractivity contribution is 5.73. The summed E-state index contributed by atoms with van der Waals surface area (Å²) in [5, 5.41) is 2.67. The first kappa shape index (κ1) is 18.6. The van der Waals surface area contributed by atoms with Crippen LogP contribution in [0.15, 0.2) is 48.8 Å². The van der Waals surface area contributed by atoms with E-state index < -0.39 is 11.7 Å². The van der Waals surface area contributed by atoms with E-state index in [9.17, 15) is 18.0 Å². The van der Waals surface area contributed by atoms with Crippen LogP contribution in [-0.2, 0) is 12.7 Å². The number of carbonyl (C=O) groups excluding carboxylic acids is 1. The van der Waals surface area contributed by atoms with Crippen molar-refractivity contribution in [3.8, 4) is 5.75 Å². The molecule has 0 unspecified atom stereocenters. The maximum atomic E-state index is 12.5. The summed E-state index contributed by atoms with van der Waals surface area (Å²) in [6.07, 6.45) is -1.07. The van der Waals surface area contributed by atoms with Crippen molar-refractivity contribution < 1.29 is 22.7 Å². The predicted octanol–water partition coefficient (Wildman–Crippen LogP) is 3.32. The van der Waals surface area contributed by atoms with Crippen molar-refractivity contribution in [2.24, 2.45) is 0 Å². The molecule has 0 spiro atoms. The molecule has 0 saturated heterocycles. The SMILES string of the molecule is CN(Cc1ccncc1)C(=O)NCCOc1ccc(C(F)(F)F)cc1. The van der Waals surface area contributed by atoms with Crippen molar-refractivity contribution in [1.82, 2.24) is 15.2 Å². The minimum Gasteiger partial charge on any atom is -0.492 e. The zero-order valence-electron chi connectivity index (χ0n) is 13.6. The van der Waals surface area contributed by atoms with Crippen LogP contribution >= 0.6 is 0 Å². The van der Waals surface area contributed by atoms with Crippen LogP contribution in [0.3, 0.4) is 0 Å². The fraction of sp³-hybridized carbons (Fsp3) is 0.294. The van der Waals surface area contributed by atoms with Crippen LogP contribution < -0.4 is 10.1 Å². The highest BCUT2D eigenvalue weighted by Gasteiger charge is 2.29. The Morgan fingerprint density at radius 2 is 1.80 bits per heavy atom. The van der Waals surface area contributed by atoms with Crippen LogP contribution in [0.4, 0.5) is 18.0 Å². The first-order valence-electron chi connectivity index (χ1n) is 7.54. The van der Waals surface area contributed by atoms with Gasteiger partial charge in [-0.2, -0.15) is 13.2 Å². The van der Waals surface area contributed by atoms with E-state index in [-0.39, 0.29) is 19.2 Å².